The van der Waals surface area contributed by atoms with E-state index in [1.54, 1.807) is 48.8 Å². The van der Waals surface area contributed by atoms with E-state index >= 15 is 0 Å². The molecule has 31 heavy (non-hydrogen) atoms. The van der Waals surface area contributed by atoms with E-state index in [0.717, 1.165) is 5.69 Å². The number of imidazole rings is 1. The molecule has 0 aliphatic carbocycles. The van der Waals surface area contributed by atoms with Gasteiger partial charge in [0.15, 0.2) is 5.82 Å². The summed E-state index contributed by atoms with van der Waals surface area (Å²) in [6.45, 7) is 2.33. The molecule has 0 bridgehead atoms. The quantitative estimate of drug-likeness (QED) is 0.524. The molecule has 5 rings (SSSR count). The van der Waals surface area contributed by atoms with E-state index in [2.05, 4.69) is 25.3 Å². The van der Waals surface area contributed by atoms with Crippen molar-refractivity contribution in [3.63, 3.8) is 0 Å². The number of hydrogen-bond acceptors (Lipinski definition) is 7. The second kappa shape index (κ2) is 8.23. The number of ether oxygens (including phenoxy) is 1. The van der Waals surface area contributed by atoms with Crippen molar-refractivity contribution in [2.24, 2.45) is 0 Å². The Morgan fingerprint density at radius 2 is 1.84 bits per heavy atom. The van der Waals surface area contributed by atoms with Crippen molar-refractivity contribution in [1.82, 2.24) is 24.5 Å². The molecule has 1 fully saturated rings. The van der Waals surface area contributed by atoms with Crippen molar-refractivity contribution in [2.45, 2.75) is 6.43 Å². The smallest absolute Gasteiger partial charge is 0.296 e. The summed E-state index contributed by atoms with van der Waals surface area (Å²) in [5, 5.41) is 3.19. The van der Waals surface area contributed by atoms with Crippen LogP contribution in [-0.2, 0) is 4.74 Å². The van der Waals surface area contributed by atoms with Gasteiger partial charge in [0.25, 0.3) is 6.43 Å². The van der Waals surface area contributed by atoms with E-state index in [1.165, 1.54) is 4.57 Å². The topological polar surface area (TPSA) is 81.0 Å². The van der Waals surface area contributed by atoms with Crippen LogP contribution in [0.4, 0.5) is 26.2 Å². The molecule has 0 unspecified atom stereocenters. The molecule has 0 amide bonds. The van der Waals surface area contributed by atoms with Crippen LogP contribution in [0.3, 0.4) is 0 Å². The highest BCUT2D eigenvalue weighted by atomic mass is 19.3. The number of nitrogens with zero attached hydrogens (tertiary/aromatic N) is 6. The van der Waals surface area contributed by atoms with Crippen molar-refractivity contribution < 1.29 is 13.5 Å². The minimum atomic E-state index is -2.76. The van der Waals surface area contributed by atoms with E-state index in [4.69, 9.17) is 4.74 Å². The molecule has 158 valence electrons. The molecule has 10 heteroatoms. The van der Waals surface area contributed by atoms with Crippen molar-refractivity contribution in [3.05, 3.63) is 60.7 Å². The normalized spacial score (nSPS) is 14.4. The number of alkyl halides is 2. The number of morpholine rings is 1. The van der Waals surface area contributed by atoms with E-state index in [-0.39, 0.29) is 5.82 Å². The molecule has 0 radical (unpaired) electrons. The Balaban J connectivity index is 1.66. The first-order chi connectivity index (χ1) is 15.2. The van der Waals surface area contributed by atoms with Crippen LogP contribution >= 0.6 is 0 Å². The van der Waals surface area contributed by atoms with Crippen LogP contribution in [0.1, 0.15) is 12.2 Å². The van der Waals surface area contributed by atoms with Crippen molar-refractivity contribution >= 4 is 28.5 Å². The summed E-state index contributed by atoms with van der Waals surface area (Å²) < 4.78 is 34.6. The summed E-state index contributed by atoms with van der Waals surface area (Å²) in [5.74, 6) is 0.856. The molecular weight excluding hydrogens is 404 g/mol. The molecule has 0 saturated carbocycles. The zero-order valence-corrected chi connectivity index (χ0v) is 16.4. The highest BCUT2D eigenvalue weighted by Gasteiger charge is 2.23. The molecule has 8 nitrogen and oxygen atoms in total. The van der Waals surface area contributed by atoms with Crippen molar-refractivity contribution in [2.75, 3.05) is 36.5 Å². The number of aromatic nitrogens is 5. The summed E-state index contributed by atoms with van der Waals surface area (Å²) >= 11 is 0. The van der Waals surface area contributed by atoms with Gasteiger partial charge >= 0.3 is 0 Å². The zero-order chi connectivity index (χ0) is 21.2. The predicted molar refractivity (Wildman–Crippen MR) is 112 cm³/mol. The zero-order valence-electron chi connectivity index (χ0n) is 16.4. The first-order valence-electron chi connectivity index (χ1n) is 9.84. The van der Waals surface area contributed by atoms with E-state index in [9.17, 15) is 8.78 Å². The van der Waals surface area contributed by atoms with Gasteiger partial charge < -0.3 is 15.0 Å². The first kappa shape index (κ1) is 19.3. The highest BCUT2D eigenvalue weighted by molar-refractivity contribution is 5.78. The van der Waals surface area contributed by atoms with Gasteiger partial charge in [-0.15, -0.1) is 0 Å². The van der Waals surface area contributed by atoms with Gasteiger partial charge in [0.2, 0.25) is 5.95 Å². The maximum Gasteiger partial charge on any atom is 0.296 e. The van der Waals surface area contributed by atoms with Gasteiger partial charge in [-0.2, -0.15) is 9.97 Å². The summed E-state index contributed by atoms with van der Waals surface area (Å²) in [5.41, 5.74) is 1.76. The van der Waals surface area contributed by atoms with Crippen LogP contribution in [0.2, 0.25) is 0 Å². The molecular formula is C21H19F2N7O. The number of anilines is 3. The van der Waals surface area contributed by atoms with Gasteiger partial charge in [0.05, 0.1) is 36.1 Å². The second-order valence-corrected chi connectivity index (χ2v) is 6.97. The number of pyridine rings is 1. The second-order valence-electron chi connectivity index (χ2n) is 6.97. The molecule has 1 aromatic carbocycles. The Bertz CT molecular complexity index is 1190. The number of nitrogens with one attached hydrogen (secondary N) is 1. The van der Waals surface area contributed by atoms with Gasteiger partial charge in [0.1, 0.15) is 11.6 Å². The standard InChI is InChI=1S/C21H19F2N7O/c22-19(23)20-26-15-5-1-2-6-16(15)30(20)18-12-17(25-14-4-3-7-24-13-14)27-21(28-18)29-8-10-31-11-9-29/h1-7,12-13,19H,8-11H2,(H,25,27,28). The Labute approximate surface area is 176 Å². The number of para-hydroxylation sites is 2. The number of rotatable bonds is 5. The molecule has 0 atom stereocenters. The summed E-state index contributed by atoms with van der Waals surface area (Å²) in [7, 11) is 0. The average Bonchev–Trinajstić information content (AvgIpc) is 3.20. The Morgan fingerprint density at radius 1 is 1.00 bits per heavy atom. The highest BCUT2D eigenvalue weighted by Crippen LogP contribution is 2.29. The maximum atomic E-state index is 13.9. The van der Waals surface area contributed by atoms with E-state index in [0.29, 0.717) is 54.9 Å². The summed E-state index contributed by atoms with van der Waals surface area (Å²) in [4.78, 5) is 19.4. The Morgan fingerprint density at radius 3 is 2.61 bits per heavy atom. The number of hydrogen-bond donors (Lipinski definition) is 1. The van der Waals surface area contributed by atoms with Crippen LogP contribution in [0.25, 0.3) is 16.9 Å². The van der Waals surface area contributed by atoms with Gasteiger partial charge in [-0.1, -0.05) is 12.1 Å². The van der Waals surface area contributed by atoms with E-state index in [1.807, 2.05) is 11.0 Å². The van der Waals surface area contributed by atoms with Crippen LogP contribution in [-0.4, -0.2) is 50.8 Å². The van der Waals surface area contributed by atoms with E-state index < -0.39 is 6.43 Å². The predicted octanol–water partition coefficient (Wildman–Crippen LogP) is 3.73. The van der Waals surface area contributed by atoms with Crippen LogP contribution in [0.5, 0.6) is 0 Å². The SMILES string of the molecule is FC(F)c1nc2ccccc2n1-c1cc(Nc2cccnc2)nc(N2CCOCC2)n1. The summed E-state index contributed by atoms with van der Waals surface area (Å²) in [6.07, 6.45) is 0.569. The maximum absolute atomic E-state index is 13.9. The lowest BCUT2D eigenvalue weighted by atomic mass is 10.3. The third-order valence-electron chi connectivity index (χ3n) is 4.94. The van der Waals surface area contributed by atoms with Gasteiger partial charge in [-0.3, -0.25) is 9.55 Å². The minimum absolute atomic E-state index is 0.312. The number of fused-ring (bicyclic) bond motifs is 1. The third kappa shape index (κ3) is 3.89. The van der Waals surface area contributed by atoms with Gasteiger partial charge in [-0.25, -0.2) is 13.8 Å². The summed E-state index contributed by atoms with van der Waals surface area (Å²) in [6, 6.07) is 12.3. The Hall–Kier alpha value is -3.66. The fraction of sp³-hybridized carbons (Fsp3) is 0.238. The van der Waals surface area contributed by atoms with Crippen molar-refractivity contribution in [3.8, 4) is 5.82 Å². The molecule has 1 N–H and O–H groups in total. The van der Waals surface area contributed by atoms with Gasteiger partial charge in [-0.05, 0) is 24.3 Å². The lowest BCUT2D eigenvalue weighted by Crippen LogP contribution is -2.37. The number of halogens is 2. The molecule has 0 spiro atoms. The lowest BCUT2D eigenvalue weighted by molar-refractivity contribution is 0.122. The average molecular weight is 423 g/mol. The largest absolute Gasteiger partial charge is 0.378 e. The fourth-order valence-electron chi connectivity index (χ4n) is 3.52. The van der Waals surface area contributed by atoms with Crippen molar-refractivity contribution in [1.29, 1.82) is 0 Å². The molecule has 3 aromatic heterocycles. The van der Waals surface area contributed by atoms with Crippen LogP contribution < -0.4 is 10.2 Å². The minimum Gasteiger partial charge on any atom is -0.378 e. The lowest BCUT2D eigenvalue weighted by Gasteiger charge is -2.27. The third-order valence-corrected chi connectivity index (χ3v) is 4.94. The molecule has 1 saturated heterocycles. The number of benzene rings is 1. The monoisotopic (exact) mass is 423 g/mol. The fourth-order valence-corrected chi connectivity index (χ4v) is 3.52. The first-order valence-corrected chi connectivity index (χ1v) is 9.84. The Kier molecular flexibility index (Phi) is 5.13. The molecule has 1 aliphatic heterocycles. The molecule has 4 heterocycles. The molecule has 4 aromatic rings. The van der Waals surface area contributed by atoms with Crippen LogP contribution in [0, 0.1) is 0 Å². The van der Waals surface area contributed by atoms with Crippen LogP contribution in [0.15, 0.2) is 54.9 Å². The molecule has 1 aliphatic rings. The van der Waals surface area contributed by atoms with Gasteiger partial charge in [0, 0.05) is 25.4 Å².